The number of rotatable bonds is 4. The monoisotopic (exact) mass is 237 g/mol. The first kappa shape index (κ1) is 12.6. The second-order valence-electron chi connectivity index (χ2n) is 5.46. The summed E-state index contributed by atoms with van der Waals surface area (Å²) in [5.74, 6) is 0. The van der Waals surface area contributed by atoms with Gasteiger partial charge in [-0.2, -0.15) is 5.10 Å². The molecule has 0 spiro atoms. The summed E-state index contributed by atoms with van der Waals surface area (Å²) in [7, 11) is 0. The summed E-state index contributed by atoms with van der Waals surface area (Å²) in [5.41, 5.74) is 5.61. The molecule has 1 aromatic rings. The molecule has 1 heterocycles. The Morgan fingerprint density at radius 1 is 1.47 bits per heavy atom. The van der Waals surface area contributed by atoms with Crippen LogP contribution in [0.3, 0.4) is 0 Å². The van der Waals surface area contributed by atoms with Gasteiger partial charge in [-0.1, -0.05) is 19.3 Å². The Morgan fingerprint density at radius 2 is 2.18 bits per heavy atom. The molecule has 1 atom stereocenters. The first-order valence-corrected chi connectivity index (χ1v) is 6.57. The molecule has 1 unspecified atom stereocenters. The van der Waals surface area contributed by atoms with E-state index in [1.165, 1.54) is 32.1 Å². The summed E-state index contributed by atoms with van der Waals surface area (Å²) < 4.78 is 2.07. The van der Waals surface area contributed by atoms with Gasteiger partial charge in [-0.05, 0) is 25.8 Å². The molecular formula is C13H23N3O. The summed E-state index contributed by atoms with van der Waals surface area (Å²) in [6.45, 7) is 2.02. The third-order valence-electron chi connectivity index (χ3n) is 3.61. The largest absolute Gasteiger partial charge is 0.388 e. The van der Waals surface area contributed by atoms with E-state index in [0.717, 1.165) is 5.69 Å². The fourth-order valence-corrected chi connectivity index (χ4v) is 2.48. The third kappa shape index (κ3) is 3.30. The Morgan fingerprint density at radius 3 is 2.82 bits per heavy atom. The van der Waals surface area contributed by atoms with Crippen molar-refractivity contribution >= 4 is 0 Å². The van der Waals surface area contributed by atoms with E-state index in [9.17, 15) is 5.11 Å². The maximum absolute atomic E-state index is 9.92. The zero-order chi connectivity index (χ0) is 12.3. The molecule has 0 aromatic carbocycles. The van der Waals surface area contributed by atoms with Crippen LogP contribution in [0.4, 0.5) is 0 Å². The zero-order valence-corrected chi connectivity index (χ0v) is 10.6. The van der Waals surface area contributed by atoms with Gasteiger partial charge in [0.15, 0.2) is 0 Å². The number of aromatic nitrogens is 2. The SMILES string of the molecule is CC(O)(CN)Cc1ccn(C2CCCCC2)n1. The second-order valence-corrected chi connectivity index (χ2v) is 5.46. The summed E-state index contributed by atoms with van der Waals surface area (Å²) in [4.78, 5) is 0. The molecule has 2 rings (SSSR count). The molecule has 96 valence electrons. The Labute approximate surface area is 103 Å². The van der Waals surface area contributed by atoms with Crippen molar-refractivity contribution in [2.24, 2.45) is 5.73 Å². The van der Waals surface area contributed by atoms with Crippen molar-refractivity contribution in [1.29, 1.82) is 0 Å². The molecule has 1 aliphatic rings. The fourth-order valence-electron chi connectivity index (χ4n) is 2.48. The van der Waals surface area contributed by atoms with Gasteiger partial charge in [-0.3, -0.25) is 4.68 Å². The molecule has 0 amide bonds. The van der Waals surface area contributed by atoms with E-state index in [1.807, 2.05) is 12.3 Å². The standard InChI is InChI=1S/C13H23N3O/c1-13(17,10-14)9-11-7-8-16(15-11)12-5-3-2-4-6-12/h7-8,12,17H,2-6,9-10,14H2,1H3. The Kier molecular flexibility index (Phi) is 3.84. The highest BCUT2D eigenvalue weighted by molar-refractivity contribution is 5.04. The zero-order valence-electron chi connectivity index (χ0n) is 10.6. The van der Waals surface area contributed by atoms with Crippen LogP contribution in [0.25, 0.3) is 0 Å². The molecule has 1 aromatic heterocycles. The number of nitrogens with two attached hydrogens (primary N) is 1. The Balaban J connectivity index is 2.00. The first-order valence-electron chi connectivity index (χ1n) is 6.57. The summed E-state index contributed by atoms with van der Waals surface area (Å²) >= 11 is 0. The van der Waals surface area contributed by atoms with E-state index in [-0.39, 0.29) is 6.54 Å². The lowest BCUT2D eigenvalue weighted by atomic mass is 9.96. The van der Waals surface area contributed by atoms with Crippen molar-refractivity contribution in [2.45, 2.75) is 57.1 Å². The van der Waals surface area contributed by atoms with Crippen molar-refractivity contribution in [1.82, 2.24) is 9.78 Å². The maximum atomic E-state index is 9.92. The van der Waals surface area contributed by atoms with E-state index < -0.39 is 5.60 Å². The maximum Gasteiger partial charge on any atom is 0.0797 e. The number of aliphatic hydroxyl groups is 1. The van der Waals surface area contributed by atoms with Crippen molar-refractivity contribution in [2.75, 3.05) is 6.54 Å². The molecule has 1 saturated carbocycles. The number of hydrogen-bond donors (Lipinski definition) is 2. The molecule has 0 radical (unpaired) electrons. The Hall–Kier alpha value is -0.870. The van der Waals surface area contributed by atoms with Crippen LogP contribution in [-0.4, -0.2) is 27.0 Å². The van der Waals surface area contributed by atoms with Crippen molar-refractivity contribution in [3.05, 3.63) is 18.0 Å². The first-order chi connectivity index (χ1) is 8.11. The van der Waals surface area contributed by atoms with Crippen molar-refractivity contribution < 1.29 is 5.11 Å². The van der Waals surface area contributed by atoms with Gasteiger partial charge in [-0.25, -0.2) is 0 Å². The van der Waals surface area contributed by atoms with Gasteiger partial charge in [0.1, 0.15) is 0 Å². The molecule has 4 heteroatoms. The summed E-state index contributed by atoms with van der Waals surface area (Å²) in [5, 5.41) is 14.5. The molecule has 4 nitrogen and oxygen atoms in total. The minimum atomic E-state index is -0.842. The summed E-state index contributed by atoms with van der Waals surface area (Å²) in [6.07, 6.45) is 9.00. The van der Waals surface area contributed by atoms with Crippen LogP contribution in [0, 0.1) is 0 Å². The minimum absolute atomic E-state index is 0.267. The minimum Gasteiger partial charge on any atom is -0.388 e. The van der Waals surface area contributed by atoms with Crippen LogP contribution in [0.15, 0.2) is 12.3 Å². The Bertz CT molecular complexity index is 353. The predicted octanol–water partition coefficient (Wildman–Crippen LogP) is 1.64. The topological polar surface area (TPSA) is 64.1 Å². The van der Waals surface area contributed by atoms with E-state index in [4.69, 9.17) is 5.73 Å². The van der Waals surface area contributed by atoms with E-state index >= 15 is 0 Å². The normalized spacial score (nSPS) is 21.4. The van der Waals surface area contributed by atoms with Gasteiger partial charge in [-0.15, -0.1) is 0 Å². The van der Waals surface area contributed by atoms with Gasteiger partial charge in [0, 0.05) is 19.2 Å². The average Bonchev–Trinajstić information content (AvgIpc) is 2.78. The predicted molar refractivity (Wildman–Crippen MR) is 67.7 cm³/mol. The molecule has 1 aliphatic carbocycles. The van der Waals surface area contributed by atoms with Crippen LogP contribution in [0.5, 0.6) is 0 Å². The molecule has 1 fully saturated rings. The quantitative estimate of drug-likeness (QED) is 0.836. The molecule has 17 heavy (non-hydrogen) atoms. The third-order valence-corrected chi connectivity index (χ3v) is 3.61. The van der Waals surface area contributed by atoms with Crippen molar-refractivity contribution in [3.63, 3.8) is 0 Å². The smallest absolute Gasteiger partial charge is 0.0797 e. The molecule has 0 bridgehead atoms. The van der Waals surface area contributed by atoms with Gasteiger partial charge >= 0.3 is 0 Å². The lowest BCUT2D eigenvalue weighted by Crippen LogP contribution is -2.36. The van der Waals surface area contributed by atoms with Gasteiger partial charge in [0.05, 0.1) is 17.3 Å². The highest BCUT2D eigenvalue weighted by atomic mass is 16.3. The van der Waals surface area contributed by atoms with Crippen LogP contribution >= 0.6 is 0 Å². The fraction of sp³-hybridized carbons (Fsp3) is 0.769. The van der Waals surface area contributed by atoms with E-state index in [0.29, 0.717) is 12.5 Å². The molecule has 3 N–H and O–H groups in total. The number of nitrogens with zero attached hydrogens (tertiary/aromatic N) is 2. The van der Waals surface area contributed by atoms with Gasteiger partial charge in [0.25, 0.3) is 0 Å². The molecule has 0 aliphatic heterocycles. The average molecular weight is 237 g/mol. The van der Waals surface area contributed by atoms with E-state index in [1.54, 1.807) is 6.92 Å². The number of hydrogen-bond acceptors (Lipinski definition) is 3. The lowest BCUT2D eigenvalue weighted by Gasteiger charge is -2.22. The second kappa shape index (κ2) is 5.19. The highest BCUT2D eigenvalue weighted by Crippen LogP contribution is 2.27. The van der Waals surface area contributed by atoms with Crippen molar-refractivity contribution in [3.8, 4) is 0 Å². The summed E-state index contributed by atoms with van der Waals surface area (Å²) in [6, 6.07) is 2.55. The van der Waals surface area contributed by atoms with Crippen LogP contribution < -0.4 is 5.73 Å². The van der Waals surface area contributed by atoms with Crippen LogP contribution in [0.2, 0.25) is 0 Å². The molecular weight excluding hydrogens is 214 g/mol. The van der Waals surface area contributed by atoms with Gasteiger partial charge < -0.3 is 10.8 Å². The lowest BCUT2D eigenvalue weighted by molar-refractivity contribution is 0.0683. The van der Waals surface area contributed by atoms with Crippen LogP contribution in [0.1, 0.15) is 50.8 Å². The van der Waals surface area contributed by atoms with Crippen LogP contribution in [-0.2, 0) is 6.42 Å². The molecule has 0 saturated heterocycles. The van der Waals surface area contributed by atoms with Gasteiger partial charge in [0.2, 0.25) is 0 Å². The highest BCUT2D eigenvalue weighted by Gasteiger charge is 2.21. The van der Waals surface area contributed by atoms with E-state index in [2.05, 4.69) is 9.78 Å².